The third-order valence-electron chi connectivity index (χ3n) is 5.41. The van der Waals surface area contributed by atoms with Crippen molar-refractivity contribution in [3.8, 4) is 0 Å². The minimum absolute atomic E-state index is 0.00910. The lowest BCUT2D eigenvalue weighted by Gasteiger charge is -2.18. The van der Waals surface area contributed by atoms with Crippen molar-refractivity contribution in [2.45, 2.75) is 51.1 Å². The average Bonchev–Trinajstić information content (AvgIpc) is 3.35. The number of aromatic nitrogens is 4. The summed E-state index contributed by atoms with van der Waals surface area (Å²) in [5.41, 5.74) is 2.19. The number of nitrogens with one attached hydrogen (secondary N) is 1. The van der Waals surface area contributed by atoms with Crippen molar-refractivity contribution < 1.29 is 4.79 Å². The van der Waals surface area contributed by atoms with Gasteiger partial charge in [-0.1, -0.05) is 31.0 Å². The van der Waals surface area contributed by atoms with Gasteiger partial charge in [0.1, 0.15) is 6.33 Å². The smallest absolute Gasteiger partial charge is 0.225 e. The lowest BCUT2D eigenvalue weighted by atomic mass is 10.1. The Morgan fingerprint density at radius 3 is 2.88 bits per heavy atom. The number of rotatable bonds is 5. The summed E-state index contributed by atoms with van der Waals surface area (Å²) in [5, 5.41) is 12.6. The van der Waals surface area contributed by atoms with Gasteiger partial charge in [-0.15, -0.1) is 10.2 Å². The molecule has 1 saturated carbocycles. The van der Waals surface area contributed by atoms with Gasteiger partial charge in [0.15, 0.2) is 5.82 Å². The van der Waals surface area contributed by atoms with Crippen LogP contribution >= 0.6 is 0 Å². The van der Waals surface area contributed by atoms with Crippen LogP contribution in [0.4, 0.5) is 0 Å². The SMILES string of the molecule is C[C@@H](NC(=O)Cc1cn(C)c2ccccc12)c1nncn1C1CCCC1. The van der Waals surface area contributed by atoms with E-state index >= 15 is 0 Å². The normalized spacial score (nSPS) is 16.2. The highest BCUT2D eigenvalue weighted by Crippen LogP contribution is 2.31. The molecule has 1 amide bonds. The summed E-state index contributed by atoms with van der Waals surface area (Å²) >= 11 is 0. The number of hydrogen-bond acceptors (Lipinski definition) is 3. The summed E-state index contributed by atoms with van der Waals surface area (Å²) in [5.74, 6) is 0.859. The fourth-order valence-electron chi connectivity index (χ4n) is 4.12. The number of carbonyl (C=O) groups is 1. The van der Waals surface area contributed by atoms with Gasteiger partial charge in [-0.2, -0.15) is 0 Å². The van der Waals surface area contributed by atoms with Crippen LogP contribution in [-0.2, 0) is 18.3 Å². The Morgan fingerprint density at radius 1 is 1.31 bits per heavy atom. The maximum Gasteiger partial charge on any atom is 0.225 e. The first kappa shape index (κ1) is 16.8. The van der Waals surface area contributed by atoms with Crippen LogP contribution in [0.15, 0.2) is 36.8 Å². The molecular weight excluding hydrogens is 326 g/mol. The van der Waals surface area contributed by atoms with E-state index in [1.165, 1.54) is 25.7 Å². The molecule has 0 bridgehead atoms. The summed E-state index contributed by atoms with van der Waals surface area (Å²) < 4.78 is 4.22. The Morgan fingerprint density at radius 2 is 2.08 bits per heavy atom. The second-order valence-corrected chi connectivity index (χ2v) is 7.28. The van der Waals surface area contributed by atoms with Gasteiger partial charge in [0.2, 0.25) is 5.91 Å². The summed E-state index contributed by atoms with van der Waals surface area (Å²) in [6.45, 7) is 1.98. The van der Waals surface area contributed by atoms with Crippen molar-refractivity contribution >= 4 is 16.8 Å². The van der Waals surface area contributed by atoms with Crippen LogP contribution in [0.1, 0.15) is 56.1 Å². The highest BCUT2D eigenvalue weighted by Gasteiger charge is 2.23. The lowest BCUT2D eigenvalue weighted by molar-refractivity contribution is -0.121. The number of hydrogen-bond donors (Lipinski definition) is 1. The number of amides is 1. The van der Waals surface area contributed by atoms with Crippen LogP contribution in [0.3, 0.4) is 0 Å². The van der Waals surface area contributed by atoms with Crippen LogP contribution < -0.4 is 5.32 Å². The summed E-state index contributed by atoms with van der Waals surface area (Å²) in [4.78, 5) is 12.6. The molecule has 0 saturated heterocycles. The molecule has 1 aliphatic rings. The zero-order chi connectivity index (χ0) is 18.1. The van der Waals surface area contributed by atoms with E-state index in [4.69, 9.17) is 0 Å². The predicted molar refractivity (Wildman–Crippen MR) is 101 cm³/mol. The molecular formula is C20H25N5O. The first-order valence-electron chi connectivity index (χ1n) is 9.35. The van der Waals surface area contributed by atoms with Gasteiger partial charge in [-0.05, 0) is 31.4 Å². The molecule has 4 rings (SSSR count). The molecule has 6 nitrogen and oxygen atoms in total. The summed E-state index contributed by atoms with van der Waals surface area (Å²) in [7, 11) is 2.01. The molecule has 136 valence electrons. The largest absolute Gasteiger partial charge is 0.350 e. The maximum absolute atomic E-state index is 12.6. The highest BCUT2D eigenvalue weighted by atomic mass is 16.1. The zero-order valence-electron chi connectivity index (χ0n) is 15.4. The number of carbonyl (C=O) groups excluding carboxylic acids is 1. The molecule has 1 fully saturated rings. The molecule has 0 unspecified atom stereocenters. The van der Waals surface area contributed by atoms with Gasteiger partial charge in [-0.25, -0.2) is 0 Å². The second-order valence-electron chi connectivity index (χ2n) is 7.28. The Kier molecular flexibility index (Phi) is 4.49. The van der Waals surface area contributed by atoms with E-state index in [9.17, 15) is 4.79 Å². The van der Waals surface area contributed by atoms with Crippen LogP contribution in [0.5, 0.6) is 0 Å². The Labute approximate surface area is 153 Å². The van der Waals surface area contributed by atoms with Crippen molar-refractivity contribution in [2.75, 3.05) is 0 Å². The van der Waals surface area contributed by atoms with E-state index < -0.39 is 0 Å². The van der Waals surface area contributed by atoms with Crippen molar-refractivity contribution in [3.05, 3.63) is 48.2 Å². The van der Waals surface area contributed by atoms with Crippen LogP contribution in [0.25, 0.3) is 10.9 Å². The van der Waals surface area contributed by atoms with E-state index in [2.05, 4.69) is 36.8 Å². The standard InChI is InChI=1S/C20H25N5O/c1-14(20-23-21-13-25(20)16-7-3-4-8-16)22-19(26)11-15-12-24(2)18-10-6-5-9-17(15)18/h5-6,9-10,12-14,16H,3-4,7-8,11H2,1-2H3,(H,22,26)/t14-/m1/s1. The molecule has 3 aromatic rings. The van der Waals surface area contributed by atoms with Crippen LogP contribution in [0.2, 0.25) is 0 Å². The summed E-state index contributed by atoms with van der Waals surface area (Å²) in [6, 6.07) is 8.49. The van der Waals surface area contributed by atoms with Gasteiger partial charge >= 0.3 is 0 Å². The molecule has 26 heavy (non-hydrogen) atoms. The number of fused-ring (bicyclic) bond motifs is 1. The Bertz CT molecular complexity index is 919. The minimum atomic E-state index is -0.152. The number of para-hydroxylation sites is 1. The van der Waals surface area contributed by atoms with Gasteiger partial charge in [0, 0.05) is 30.2 Å². The second kappa shape index (κ2) is 6.94. The van der Waals surface area contributed by atoms with E-state index in [0.29, 0.717) is 12.5 Å². The molecule has 1 atom stereocenters. The van der Waals surface area contributed by atoms with Crippen molar-refractivity contribution in [1.29, 1.82) is 0 Å². The molecule has 1 aromatic carbocycles. The first-order valence-corrected chi connectivity index (χ1v) is 9.35. The maximum atomic E-state index is 12.6. The van der Waals surface area contributed by atoms with E-state index in [0.717, 1.165) is 22.3 Å². The fraction of sp³-hybridized carbons (Fsp3) is 0.450. The molecule has 2 aromatic heterocycles. The molecule has 0 aliphatic heterocycles. The van der Waals surface area contributed by atoms with Crippen molar-refractivity contribution in [2.24, 2.45) is 7.05 Å². The van der Waals surface area contributed by atoms with Gasteiger partial charge in [0.25, 0.3) is 0 Å². The third-order valence-corrected chi connectivity index (χ3v) is 5.41. The first-order chi connectivity index (χ1) is 12.6. The third kappa shape index (κ3) is 3.11. The van der Waals surface area contributed by atoms with E-state index in [1.54, 1.807) is 6.33 Å². The molecule has 1 aliphatic carbocycles. The van der Waals surface area contributed by atoms with Crippen molar-refractivity contribution in [3.63, 3.8) is 0 Å². The van der Waals surface area contributed by atoms with E-state index in [1.807, 2.05) is 32.3 Å². The molecule has 6 heteroatoms. The lowest BCUT2D eigenvalue weighted by Crippen LogP contribution is -2.30. The Balaban J connectivity index is 1.47. The molecule has 0 spiro atoms. The molecule has 2 heterocycles. The van der Waals surface area contributed by atoms with Gasteiger partial charge in [-0.3, -0.25) is 4.79 Å². The average molecular weight is 351 g/mol. The monoisotopic (exact) mass is 351 g/mol. The zero-order valence-corrected chi connectivity index (χ0v) is 15.4. The fourth-order valence-corrected chi connectivity index (χ4v) is 4.12. The van der Waals surface area contributed by atoms with Crippen molar-refractivity contribution in [1.82, 2.24) is 24.6 Å². The minimum Gasteiger partial charge on any atom is -0.350 e. The molecule has 1 N–H and O–H groups in total. The van der Waals surface area contributed by atoms with Gasteiger partial charge < -0.3 is 14.5 Å². The quantitative estimate of drug-likeness (QED) is 0.767. The van der Waals surface area contributed by atoms with E-state index in [-0.39, 0.29) is 11.9 Å². The summed E-state index contributed by atoms with van der Waals surface area (Å²) in [6.07, 6.45) is 9.05. The number of aryl methyl sites for hydroxylation is 1. The topological polar surface area (TPSA) is 64.7 Å². The predicted octanol–water partition coefficient (Wildman–Crippen LogP) is 3.30. The highest BCUT2D eigenvalue weighted by molar-refractivity contribution is 5.89. The number of benzene rings is 1. The van der Waals surface area contributed by atoms with Crippen LogP contribution in [0, 0.1) is 0 Å². The Hall–Kier alpha value is -2.63. The van der Waals surface area contributed by atoms with Gasteiger partial charge in [0.05, 0.1) is 12.5 Å². The van der Waals surface area contributed by atoms with Crippen LogP contribution in [-0.4, -0.2) is 25.2 Å². The number of nitrogens with zero attached hydrogens (tertiary/aromatic N) is 4. The molecule has 0 radical (unpaired) electrons.